The molecule has 2 heterocycles. The Hall–Kier alpha value is -2.99. The Morgan fingerprint density at radius 1 is 1.10 bits per heavy atom. The molecule has 4 rings (SSSR count). The molecule has 6 nitrogen and oxygen atoms in total. The van der Waals surface area contributed by atoms with Crippen LogP contribution in [0.4, 0.5) is 11.4 Å². The van der Waals surface area contributed by atoms with Crippen molar-refractivity contribution in [2.45, 2.75) is 31.7 Å². The minimum atomic E-state index is -0.535. The third-order valence-corrected chi connectivity index (χ3v) is 5.78. The second kappa shape index (κ2) is 7.79. The zero-order chi connectivity index (χ0) is 20.5. The zero-order valence-electron chi connectivity index (χ0n) is 16.8. The number of benzene rings is 2. The summed E-state index contributed by atoms with van der Waals surface area (Å²) < 4.78 is 0. The number of anilines is 2. The number of nitrogens with two attached hydrogens (primary N) is 1. The van der Waals surface area contributed by atoms with Crippen LogP contribution in [0.1, 0.15) is 47.2 Å². The van der Waals surface area contributed by atoms with Gasteiger partial charge in [-0.05, 0) is 81.4 Å². The summed E-state index contributed by atoms with van der Waals surface area (Å²) in [5.41, 5.74) is 10.3. The topological polar surface area (TPSA) is 87.8 Å². The third-order valence-electron chi connectivity index (χ3n) is 5.78. The highest BCUT2D eigenvalue weighted by Gasteiger charge is 2.36. The maximum atomic E-state index is 13.0. The van der Waals surface area contributed by atoms with Crippen LogP contribution in [0, 0.1) is 0 Å². The van der Waals surface area contributed by atoms with Gasteiger partial charge in [-0.2, -0.15) is 0 Å². The van der Waals surface area contributed by atoms with Gasteiger partial charge in [-0.1, -0.05) is 12.1 Å². The van der Waals surface area contributed by atoms with Crippen LogP contribution in [0.5, 0.6) is 0 Å². The number of nitrogens with zero attached hydrogens (tertiary/aromatic N) is 2. The molecule has 6 heteroatoms. The van der Waals surface area contributed by atoms with Gasteiger partial charge >= 0.3 is 0 Å². The largest absolute Gasteiger partial charge is 0.399 e. The maximum Gasteiger partial charge on any atom is 0.238 e. The minimum Gasteiger partial charge on any atom is -0.399 e. The summed E-state index contributed by atoms with van der Waals surface area (Å²) in [6.07, 6.45) is 1.92. The van der Waals surface area contributed by atoms with E-state index in [0.717, 1.165) is 48.5 Å². The summed E-state index contributed by atoms with van der Waals surface area (Å²) in [5.74, 6) is -0.663. The Balaban J connectivity index is 1.79. The van der Waals surface area contributed by atoms with Crippen molar-refractivity contribution in [3.8, 4) is 0 Å². The molecule has 0 radical (unpaired) electrons. The Labute approximate surface area is 170 Å². The molecule has 0 aromatic heterocycles. The van der Waals surface area contributed by atoms with Crippen LogP contribution < -0.4 is 11.1 Å². The summed E-state index contributed by atoms with van der Waals surface area (Å²) >= 11 is 0. The molecule has 2 aliphatic rings. The van der Waals surface area contributed by atoms with Gasteiger partial charge in [-0.25, -0.2) is 0 Å². The Kier molecular flexibility index (Phi) is 5.20. The summed E-state index contributed by atoms with van der Waals surface area (Å²) in [4.78, 5) is 32.3. The first-order valence-corrected chi connectivity index (χ1v) is 10.0. The van der Waals surface area contributed by atoms with Crippen molar-refractivity contribution >= 4 is 28.8 Å². The van der Waals surface area contributed by atoms with Gasteiger partial charge in [0, 0.05) is 16.9 Å². The van der Waals surface area contributed by atoms with Crippen LogP contribution in [0.15, 0.2) is 47.5 Å². The van der Waals surface area contributed by atoms with Gasteiger partial charge in [0.05, 0.1) is 11.8 Å². The fourth-order valence-corrected chi connectivity index (χ4v) is 4.04. The second-order valence-electron chi connectivity index (χ2n) is 7.95. The first-order chi connectivity index (χ1) is 13.9. The summed E-state index contributed by atoms with van der Waals surface area (Å²) in [5, 5.41) is 2.96. The monoisotopic (exact) mass is 390 g/mol. The number of nitrogens with one attached hydrogen (secondary N) is 1. The van der Waals surface area contributed by atoms with Crippen LogP contribution in [0.2, 0.25) is 0 Å². The number of ketones is 1. The highest BCUT2D eigenvalue weighted by Crippen LogP contribution is 2.36. The van der Waals surface area contributed by atoms with E-state index < -0.39 is 5.92 Å². The fraction of sp³-hybridized carbons (Fsp3) is 0.348. The molecule has 0 aliphatic carbocycles. The fourth-order valence-electron chi connectivity index (χ4n) is 4.04. The molecule has 0 saturated carbocycles. The van der Waals surface area contributed by atoms with E-state index in [1.807, 2.05) is 30.3 Å². The number of hydrogen-bond acceptors (Lipinski definition) is 5. The van der Waals surface area contributed by atoms with Crippen LogP contribution in [-0.2, 0) is 4.79 Å². The number of piperidine rings is 1. The van der Waals surface area contributed by atoms with Gasteiger partial charge < -0.3 is 16.0 Å². The van der Waals surface area contributed by atoms with E-state index in [0.29, 0.717) is 11.3 Å². The van der Waals surface area contributed by atoms with Crippen LogP contribution in [-0.4, -0.2) is 48.5 Å². The normalized spacial score (nSPS) is 20.4. The predicted octanol–water partition coefficient (Wildman–Crippen LogP) is 3.09. The lowest BCUT2D eigenvalue weighted by atomic mass is 9.89. The predicted molar refractivity (Wildman–Crippen MR) is 116 cm³/mol. The van der Waals surface area contributed by atoms with Crippen LogP contribution in [0.3, 0.4) is 0 Å². The standard InChI is InChI=1S/C23H26N4O2/c1-14(28)16-5-8-20-19(13-16)21(23(29)26-20)22(15-3-6-17(24)7-4-15)25-18-9-11-27(2)12-10-18/h3-8,13,18,21H,9-12,24H2,1-2H3,(H,26,29). The number of rotatable bonds is 4. The molecule has 150 valence electrons. The van der Waals surface area contributed by atoms with Crippen molar-refractivity contribution in [1.82, 2.24) is 4.90 Å². The Bertz CT molecular complexity index is 973. The van der Waals surface area contributed by atoms with Crippen molar-refractivity contribution < 1.29 is 9.59 Å². The van der Waals surface area contributed by atoms with Crippen LogP contribution in [0.25, 0.3) is 0 Å². The molecular weight excluding hydrogens is 364 g/mol. The van der Waals surface area contributed by atoms with Gasteiger partial charge in [0.1, 0.15) is 5.92 Å². The third kappa shape index (κ3) is 3.93. The van der Waals surface area contributed by atoms with E-state index in [9.17, 15) is 9.59 Å². The average molecular weight is 390 g/mol. The molecule has 2 aliphatic heterocycles. The summed E-state index contributed by atoms with van der Waals surface area (Å²) in [6.45, 7) is 3.52. The molecule has 29 heavy (non-hydrogen) atoms. The van der Waals surface area contributed by atoms with Gasteiger partial charge in [0.15, 0.2) is 5.78 Å². The molecular formula is C23H26N4O2. The molecule has 1 fully saturated rings. The molecule has 1 saturated heterocycles. The van der Waals surface area contributed by atoms with Gasteiger partial charge in [-0.15, -0.1) is 0 Å². The Morgan fingerprint density at radius 3 is 2.41 bits per heavy atom. The number of amides is 1. The van der Waals surface area contributed by atoms with Gasteiger partial charge in [0.2, 0.25) is 5.91 Å². The van der Waals surface area contributed by atoms with E-state index in [1.165, 1.54) is 6.92 Å². The Morgan fingerprint density at radius 2 is 1.76 bits per heavy atom. The van der Waals surface area contributed by atoms with E-state index in [-0.39, 0.29) is 17.7 Å². The number of nitrogen functional groups attached to an aromatic ring is 1. The van der Waals surface area contributed by atoms with Crippen molar-refractivity contribution in [3.05, 3.63) is 59.2 Å². The SMILES string of the molecule is CC(=O)c1ccc2c(c1)C(C(=NC1CCN(C)CC1)c1ccc(N)cc1)C(=O)N2. The highest BCUT2D eigenvalue weighted by atomic mass is 16.2. The van der Waals surface area contributed by atoms with E-state index >= 15 is 0 Å². The average Bonchev–Trinajstić information content (AvgIpc) is 3.03. The smallest absolute Gasteiger partial charge is 0.238 e. The van der Waals surface area contributed by atoms with E-state index in [2.05, 4.69) is 17.3 Å². The quantitative estimate of drug-likeness (QED) is 0.477. The molecule has 1 atom stereocenters. The second-order valence-corrected chi connectivity index (χ2v) is 7.95. The number of carbonyl (C=O) groups is 2. The number of Topliss-reactive ketones (excluding diaryl/α,β-unsaturated/α-hetero) is 1. The number of aliphatic imine (C=N–C) groups is 1. The molecule has 3 N–H and O–H groups in total. The molecule has 1 unspecified atom stereocenters. The van der Waals surface area contributed by atoms with Crippen LogP contribution >= 0.6 is 0 Å². The molecule has 2 aromatic carbocycles. The maximum absolute atomic E-state index is 13.0. The van der Waals surface area contributed by atoms with Gasteiger partial charge in [-0.3, -0.25) is 14.6 Å². The van der Waals surface area contributed by atoms with Crippen molar-refractivity contribution in [1.29, 1.82) is 0 Å². The first-order valence-electron chi connectivity index (χ1n) is 10.0. The van der Waals surface area contributed by atoms with Crippen molar-refractivity contribution in [2.24, 2.45) is 4.99 Å². The lowest BCUT2D eigenvalue weighted by Crippen LogP contribution is -2.33. The summed E-state index contributed by atoms with van der Waals surface area (Å²) in [7, 11) is 2.12. The molecule has 0 spiro atoms. The lowest BCUT2D eigenvalue weighted by molar-refractivity contribution is -0.115. The summed E-state index contributed by atoms with van der Waals surface area (Å²) in [6, 6.07) is 13.1. The van der Waals surface area contributed by atoms with Crippen molar-refractivity contribution in [2.75, 3.05) is 31.2 Å². The number of carbonyl (C=O) groups excluding carboxylic acids is 2. The minimum absolute atomic E-state index is 0.0211. The lowest BCUT2D eigenvalue weighted by Gasteiger charge is -2.28. The van der Waals surface area contributed by atoms with Gasteiger partial charge in [0.25, 0.3) is 0 Å². The molecule has 1 amide bonds. The zero-order valence-corrected chi connectivity index (χ0v) is 16.8. The number of likely N-dealkylation sites (tertiary alicyclic amines) is 1. The van der Waals surface area contributed by atoms with E-state index in [4.69, 9.17) is 10.7 Å². The van der Waals surface area contributed by atoms with E-state index in [1.54, 1.807) is 12.1 Å². The highest BCUT2D eigenvalue weighted by molar-refractivity contribution is 6.24. The molecule has 2 aromatic rings. The first kappa shape index (κ1) is 19.3. The number of fused-ring (bicyclic) bond motifs is 1. The number of hydrogen-bond donors (Lipinski definition) is 2. The molecule has 0 bridgehead atoms. The van der Waals surface area contributed by atoms with Crippen molar-refractivity contribution in [3.63, 3.8) is 0 Å².